The van der Waals surface area contributed by atoms with Gasteiger partial charge in [-0.1, -0.05) is 60.1 Å². The molecule has 2 heterocycles. The van der Waals surface area contributed by atoms with Gasteiger partial charge in [0, 0.05) is 15.6 Å². The number of rotatable bonds is 4. The van der Waals surface area contributed by atoms with E-state index in [9.17, 15) is 4.79 Å². The van der Waals surface area contributed by atoms with Crippen LogP contribution in [0.2, 0.25) is 5.02 Å². The number of nitrogens with one attached hydrogen (secondary N) is 3. The number of benzene rings is 2. The predicted octanol–water partition coefficient (Wildman–Crippen LogP) is 4.66. The number of aromatic amines is 1. The van der Waals surface area contributed by atoms with Crippen molar-refractivity contribution in [3.63, 3.8) is 0 Å². The molecule has 0 unspecified atom stereocenters. The molecule has 2 aromatic carbocycles. The maximum atomic E-state index is 12.2. The molecular formula is C18H14ClN5OS. The summed E-state index contributed by atoms with van der Waals surface area (Å²) in [6.45, 7) is 0.230. The number of hydrogen-bond acceptors (Lipinski definition) is 4. The minimum Gasteiger partial charge on any atom is -0.331 e. The normalized spacial score (nSPS) is 10.8. The lowest BCUT2D eigenvalue weighted by molar-refractivity contribution is 0.251. The Hall–Kier alpha value is -2.90. The number of fused-ring (bicyclic) bond motifs is 1. The molecule has 2 amide bonds. The van der Waals surface area contributed by atoms with Gasteiger partial charge < -0.3 is 5.32 Å². The molecule has 0 atom stereocenters. The smallest absolute Gasteiger partial charge is 0.320 e. The summed E-state index contributed by atoms with van der Waals surface area (Å²) < 4.78 is 1.02. The molecule has 6 nitrogen and oxygen atoms in total. The number of carbonyl (C=O) groups excluding carboxylic acids is 1. The number of aromatic nitrogens is 3. The Balaban J connectivity index is 1.40. The number of urea groups is 1. The van der Waals surface area contributed by atoms with Crippen molar-refractivity contribution in [3.8, 4) is 11.4 Å². The van der Waals surface area contributed by atoms with Gasteiger partial charge >= 0.3 is 6.03 Å². The summed E-state index contributed by atoms with van der Waals surface area (Å²) in [5.41, 5.74) is 0.913. The van der Waals surface area contributed by atoms with E-state index < -0.39 is 0 Å². The molecule has 0 radical (unpaired) electrons. The Kier molecular flexibility index (Phi) is 4.55. The second-order valence-electron chi connectivity index (χ2n) is 5.52. The van der Waals surface area contributed by atoms with Crippen LogP contribution in [0.5, 0.6) is 0 Å². The van der Waals surface area contributed by atoms with Crippen LogP contribution >= 0.6 is 22.9 Å². The number of thiophene rings is 1. The molecule has 130 valence electrons. The monoisotopic (exact) mass is 383 g/mol. The van der Waals surface area contributed by atoms with Crippen LogP contribution in [0.4, 0.5) is 9.80 Å². The highest BCUT2D eigenvalue weighted by atomic mass is 35.5. The number of halogens is 1. The summed E-state index contributed by atoms with van der Waals surface area (Å²) in [4.78, 5) is 16.5. The summed E-state index contributed by atoms with van der Waals surface area (Å²) in [5, 5.41) is 14.6. The molecule has 8 heteroatoms. The molecule has 0 aliphatic rings. The van der Waals surface area contributed by atoms with Crippen LogP contribution in [0.25, 0.3) is 21.5 Å². The lowest BCUT2D eigenvalue weighted by Crippen LogP contribution is -2.28. The van der Waals surface area contributed by atoms with Crippen molar-refractivity contribution in [2.45, 2.75) is 6.54 Å². The first-order valence-corrected chi connectivity index (χ1v) is 9.09. The van der Waals surface area contributed by atoms with E-state index in [1.54, 1.807) is 0 Å². The number of amides is 2. The van der Waals surface area contributed by atoms with E-state index in [0.29, 0.717) is 21.7 Å². The molecule has 0 bridgehead atoms. The van der Waals surface area contributed by atoms with E-state index in [0.717, 1.165) is 15.6 Å². The van der Waals surface area contributed by atoms with E-state index in [1.807, 2.05) is 54.6 Å². The molecule has 0 fully saturated rings. The molecule has 0 aliphatic carbocycles. The van der Waals surface area contributed by atoms with Gasteiger partial charge in [-0.2, -0.15) is 5.10 Å². The molecule has 2 aromatic heterocycles. The van der Waals surface area contributed by atoms with Gasteiger partial charge in [-0.15, -0.1) is 11.3 Å². The average molecular weight is 384 g/mol. The zero-order valence-corrected chi connectivity index (χ0v) is 15.1. The van der Waals surface area contributed by atoms with Gasteiger partial charge in [0.25, 0.3) is 0 Å². The van der Waals surface area contributed by atoms with Crippen molar-refractivity contribution in [3.05, 3.63) is 65.4 Å². The first-order valence-electron chi connectivity index (χ1n) is 7.89. The average Bonchev–Trinajstić information content (AvgIpc) is 3.27. The van der Waals surface area contributed by atoms with Crippen LogP contribution in [0.15, 0.2) is 54.6 Å². The highest BCUT2D eigenvalue weighted by Gasteiger charge is 2.13. The first kappa shape index (κ1) is 16.6. The summed E-state index contributed by atoms with van der Waals surface area (Å²) in [7, 11) is 0. The fourth-order valence-electron chi connectivity index (χ4n) is 2.50. The fraction of sp³-hybridized carbons (Fsp3) is 0.0556. The Morgan fingerprint density at radius 3 is 2.69 bits per heavy atom. The van der Waals surface area contributed by atoms with E-state index in [-0.39, 0.29) is 12.6 Å². The van der Waals surface area contributed by atoms with Crippen LogP contribution in [-0.2, 0) is 6.54 Å². The van der Waals surface area contributed by atoms with Crippen molar-refractivity contribution in [1.29, 1.82) is 0 Å². The lowest BCUT2D eigenvalue weighted by atomic mass is 10.2. The molecule has 26 heavy (non-hydrogen) atoms. The maximum absolute atomic E-state index is 12.2. The summed E-state index contributed by atoms with van der Waals surface area (Å²) in [5.74, 6) is 1.16. The SMILES string of the molecule is O=C(NCc1nc(-c2ccccc2)n[nH]1)Nc1sc2ccccc2c1Cl. The Morgan fingerprint density at radius 1 is 1.12 bits per heavy atom. The topological polar surface area (TPSA) is 82.7 Å². The molecule has 3 N–H and O–H groups in total. The van der Waals surface area contributed by atoms with Crippen molar-refractivity contribution in [1.82, 2.24) is 20.5 Å². The number of nitrogens with zero attached hydrogens (tertiary/aromatic N) is 2. The number of carbonyl (C=O) groups is 1. The van der Waals surface area contributed by atoms with Gasteiger partial charge in [-0.3, -0.25) is 10.4 Å². The number of H-pyrrole nitrogens is 1. The van der Waals surface area contributed by atoms with E-state index in [4.69, 9.17) is 11.6 Å². The summed E-state index contributed by atoms with van der Waals surface area (Å²) in [6, 6.07) is 17.0. The number of hydrogen-bond donors (Lipinski definition) is 3. The van der Waals surface area contributed by atoms with E-state index in [1.165, 1.54) is 11.3 Å². The van der Waals surface area contributed by atoms with Gasteiger partial charge in [0.15, 0.2) is 5.82 Å². The molecule has 4 rings (SSSR count). The Morgan fingerprint density at radius 2 is 1.88 bits per heavy atom. The summed E-state index contributed by atoms with van der Waals surface area (Å²) >= 11 is 7.76. The molecule has 0 saturated carbocycles. The second kappa shape index (κ2) is 7.15. The van der Waals surface area contributed by atoms with Gasteiger partial charge in [-0.25, -0.2) is 9.78 Å². The molecule has 0 spiro atoms. The fourth-order valence-corrected chi connectivity index (χ4v) is 3.87. The lowest BCUT2D eigenvalue weighted by Gasteiger charge is -2.04. The summed E-state index contributed by atoms with van der Waals surface area (Å²) in [6.07, 6.45) is 0. The third kappa shape index (κ3) is 3.40. The zero-order chi connectivity index (χ0) is 17.9. The van der Waals surface area contributed by atoms with E-state index >= 15 is 0 Å². The van der Waals surface area contributed by atoms with Gasteiger partial charge in [-0.05, 0) is 6.07 Å². The Bertz CT molecular complexity index is 1060. The molecule has 4 aromatic rings. The first-order chi connectivity index (χ1) is 12.7. The van der Waals surface area contributed by atoms with Crippen LogP contribution in [0.1, 0.15) is 5.82 Å². The van der Waals surface area contributed by atoms with Gasteiger partial charge in [0.2, 0.25) is 0 Å². The second-order valence-corrected chi connectivity index (χ2v) is 6.95. The van der Waals surface area contributed by atoms with Crippen molar-refractivity contribution >= 4 is 44.1 Å². The van der Waals surface area contributed by atoms with Crippen molar-refractivity contribution < 1.29 is 4.79 Å². The standard InChI is InChI=1S/C18H14ClN5OS/c19-15-12-8-4-5-9-13(12)26-17(15)22-18(25)20-10-14-21-16(24-23-14)11-6-2-1-3-7-11/h1-9H,10H2,(H2,20,22,25)(H,21,23,24). The predicted molar refractivity (Wildman–Crippen MR) is 105 cm³/mol. The largest absolute Gasteiger partial charge is 0.331 e. The molecule has 0 saturated heterocycles. The van der Waals surface area contributed by atoms with Crippen LogP contribution in [-0.4, -0.2) is 21.2 Å². The van der Waals surface area contributed by atoms with Crippen LogP contribution in [0.3, 0.4) is 0 Å². The van der Waals surface area contributed by atoms with Crippen molar-refractivity contribution in [2.75, 3.05) is 5.32 Å². The quantitative estimate of drug-likeness (QED) is 0.479. The zero-order valence-electron chi connectivity index (χ0n) is 13.5. The van der Waals surface area contributed by atoms with Gasteiger partial charge in [0.1, 0.15) is 10.8 Å². The maximum Gasteiger partial charge on any atom is 0.320 e. The highest BCUT2D eigenvalue weighted by molar-refractivity contribution is 7.23. The molecule has 0 aliphatic heterocycles. The minimum atomic E-state index is -0.351. The third-order valence-electron chi connectivity index (χ3n) is 3.74. The minimum absolute atomic E-state index is 0.230. The van der Waals surface area contributed by atoms with Gasteiger partial charge in [0.05, 0.1) is 11.6 Å². The van der Waals surface area contributed by atoms with E-state index in [2.05, 4.69) is 25.8 Å². The highest BCUT2D eigenvalue weighted by Crippen LogP contribution is 2.39. The van der Waals surface area contributed by atoms with Crippen molar-refractivity contribution in [2.24, 2.45) is 0 Å². The third-order valence-corrected chi connectivity index (χ3v) is 5.33. The van der Waals surface area contributed by atoms with Crippen LogP contribution < -0.4 is 10.6 Å². The number of anilines is 1. The Labute approximate surface area is 158 Å². The van der Waals surface area contributed by atoms with Crippen LogP contribution in [0, 0.1) is 0 Å². The molecular weight excluding hydrogens is 370 g/mol.